The normalized spacial score (nSPS) is 10.0. The minimum atomic E-state index is -0.448. The Balaban J connectivity index is 3.10. The minimum Gasteiger partial charge on any atom is -0.489 e. The highest BCUT2D eigenvalue weighted by molar-refractivity contribution is 9.10. The predicted octanol–water partition coefficient (Wildman–Crippen LogP) is 3.64. The lowest BCUT2D eigenvalue weighted by molar-refractivity contribution is 0.321. The standard InChI is InChI=1S/C8H7BrClFO/c1-2-12-8-6(10)3-5(9)4-7(8)11/h3-4H,2H2,1H3. The van der Waals surface area contributed by atoms with Gasteiger partial charge in [0.25, 0.3) is 0 Å². The van der Waals surface area contributed by atoms with E-state index in [1.54, 1.807) is 13.0 Å². The van der Waals surface area contributed by atoms with Crippen LogP contribution in [0.1, 0.15) is 6.92 Å². The van der Waals surface area contributed by atoms with Crippen molar-refractivity contribution in [1.29, 1.82) is 0 Å². The number of ether oxygens (including phenoxy) is 1. The van der Waals surface area contributed by atoms with Crippen LogP contribution in [0.25, 0.3) is 0 Å². The zero-order valence-electron chi connectivity index (χ0n) is 6.40. The van der Waals surface area contributed by atoms with Crippen LogP contribution in [0.15, 0.2) is 16.6 Å². The van der Waals surface area contributed by atoms with Crippen molar-refractivity contribution in [3.8, 4) is 5.75 Å². The highest BCUT2D eigenvalue weighted by Crippen LogP contribution is 2.31. The van der Waals surface area contributed by atoms with Gasteiger partial charge in [0.15, 0.2) is 11.6 Å². The van der Waals surface area contributed by atoms with E-state index in [0.29, 0.717) is 11.1 Å². The second-order valence-electron chi connectivity index (χ2n) is 2.13. The van der Waals surface area contributed by atoms with Crippen LogP contribution in [-0.2, 0) is 0 Å². The van der Waals surface area contributed by atoms with E-state index in [1.807, 2.05) is 0 Å². The van der Waals surface area contributed by atoms with Crippen molar-refractivity contribution in [3.05, 3.63) is 27.4 Å². The van der Waals surface area contributed by atoms with E-state index < -0.39 is 5.82 Å². The van der Waals surface area contributed by atoms with Crippen LogP contribution in [0.2, 0.25) is 5.02 Å². The first-order valence-corrected chi connectivity index (χ1v) is 4.59. The molecule has 0 saturated carbocycles. The quantitative estimate of drug-likeness (QED) is 0.782. The molecule has 0 aliphatic rings. The van der Waals surface area contributed by atoms with Crippen LogP contribution in [-0.4, -0.2) is 6.61 Å². The van der Waals surface area contributed by atoms with Gasteiger partial charge in [-0.3, -0.25) is 0 Å². The third-order valence-corrected chi connectivity index (χ3v) is 1.99. The number of hydrogen-bond acceptors (Lipinski definition) is 1. The molecule has 0 saturated heterocycles. The molecule has 0 amide bonds. The summed E-state index contributed by atoms with van der Waals surface area (Å²) in [5.74, 6) is -0.335. The molecule has 0 aliphatic carbocycles. The molecule has 0 heterocycles. The van der Waals surface area contributed by atoms with E-state index in [0.717, 1.165) is 0 Å². The van der Waals surface area contributed by atoms with Gasteiger partial charge in [-0.15, -0.1) is 0 Å². The summed E-state index contributed by atoms with van der Waals surface area (Å²) in [6.45, 7) is 2.18. The number of benzene rings is 1. The van der Waals surface area contributed by atoms with Crippen LogP contribution >= 0.6 is 27.5 Å². The highest BCUT2D eigenvalue weighted by atomic mass is 79.9. The first-order chi connectivity index (χ1) is 5.65. The molecule has 1 aromatic carbocycles. The van der Waals surface area contributed by atoms with Crippen molar-refractivity contribution >= 4 is 27.5 Å². The Morgan fingerprint density at radius 3 is 2.75 bits per heavy atom. The smallest absolute Gasteiger partial charge is 0.173 e. The fourth-order valence-corrected chi connectivity index (χ4v) is 1.64. The van der Waals surface area contributed by atoms with Gasteiger partial charge < -0.3 is 4.74 Å². The zero-order chi connectivity index (χ0) is 9.14. The average Bonchev–Trinajstić information content (AvgIpc) is 1.96. The van der Waals surface area contributed by atoms with Crippen LogP contribution in [0.5, 0.6) is 5.75 Å². The maximum atomic E-state index is 13.1. The lowest BCUT2D eigenvalue weighted by Gasteiger charge is -2.06. The molecule has 4 heteroatoms. The molecule has 0 fully saturated rings. The van der Waals surface area contributed by atoms with Gasteiger partial charge in [-0.05, 0) is 19.1 Å². The van der Waals surface area contributed by atoms with Gasteiger partial charge in [-0.25, -0.2) is 4.39 Å². The van der Waals surface area contributed by atoms with E-state index >= 15 is 0 Å². The molecule has 0 spiro atoms. The number of halogens is 3. The summed E-state index contributed by atoms with van der Waals surface area (Å²) < 4.78 is 18.7. The van der Waals surface area contributed by atoms with Crippen molar-refractivity contribution in [1.82, 2.24) is 0 Å². The zero-order valence-corrected chi connectivity index (χ0v) is 8.75. The Morgan fingerprint density at radius 1 is 1.58 bits per heavy atom. The van der Waals surface area contributed by atoms with Gasteiger partial charge in [0.2, 0.25) is 0 Å². The van der Waals surface area contributed by atoms with Crippen molar-refractivity contribution in [2.75, 3.05) is 6.61 Å². The van der Waals surface area contributed by atoms with Gasteiger partial charge in [-0.2, -0.15) is 0 Å². The van der Waals surface area contributed by atoms with Gasteiger partial charge in [0, 0.05) is 4.47 Å². The molecule has 0 aliphatic heterocycles. The Bertz CT molecular complexity index is 267. The Labute approximate surface area is 83.6 Å². The molecular weight excluding hydrogens is 246 g/mol. The number of hydrogen-bond donors (Lipinski definition) is 0. The van der Waals surface area contributed by atoms with E-state index in [-0.39, 0.29) is 10.8 Å². The molecule has 1 rings (SSSR count). The molecule has 0 N–H and O–H groups in total. The summed E-state index contributed by atoms with van der Waals surface area (Å²) in [5, 5.41) is 0.281. The monoisotopic (exact) mass is 252 g/mol. The largest absolute Gasteiger partial charge is 0.489 e. The van der Waals surface area contributed by atoms with Gasteiger partial charge in [0.1, 0.15) is 0 Å². The van der Waals surface area contributed by atoms with Crippen LogP contribution in [0.3, 0.4) is 0 Å². The Kier molecular flexibility index (Phi) is 3.35. The van der Waals surface area contributed by atoms with E-state index in [2.05, 4.69) is 15.9 Å². The van der Waals surface area contributed by atoms with Crippen LogP contribution in [0, 0.1) is 5.82 Å². The number of rotatable bonds is 2. The third kappa shape index (κ3) is 2.11. The van der Waals surface area contributed by atoms with Crippen molar-refractivity contribution in [2.45, 2.75) is 6.92 Å². The van der Waals surface area contributed by atoms with Crippen LogP contribution < -0.4 is 4.74 Å². The molecule has 0 atom stereocenters. The fraction of sp³-hybridized carbons (Fsp3) is 0.250. The summed E-state index contributed by atoms with van der Waals surface area (Å²) in [4.78, 5) is 0. The molecule has 1 aromatic rings. The SMILES string of the molecule is CCOc1c(F)cc(Br)cc1Cl. The van der Waals surface area contributed by atoms with E-state index in [1.165, 1.54) is 6.07 Å². The van der Waals surface area contributed by atoms with E-state index in [4.69, 9.17) is 16.3 Å². The molecule has 1 nitrogen and oxygen atoms in total. The first kappa shape index (κ1) is 9.81. The van der Waals surface area contributed by atoms with Crippen molar-refractivity contribution < 1.29 is 9.13 Å². The third-order valence-electron chi connectivity index (χ3n) is 1.25. The lowest BCUT2D eigenvalue weighted by Crippen LogP contribution is -1.95. The summed E-state index contributed by atoms with van der Waals surface area (Å²) in [6, 6.07) is 2.91. The van der Waals surface area contributed by atoms with Gasteiger partial charge in [-0.1, -0.05) is 27.5 Å². The Hall–Kier alpha value is -0.280. The Morgan fingerprint density at radius 2 is 2.25 bits per heavy atom. The van der Waals surface area contributed by atoms with Crippen molar-refractivity contribution in [3.63, 3.8) is 0 Å². The fourth-order valence-electron chi connectivity index (χ4n) is 0.811. The van der Waals surface area contributed by atoms with E-state index in [9.17, 15) is 4.39 Å². The topological polar surface area (TPSA) is 9.23 Å². The molecule has 0 bridgehead atoms. The maximum Gasteiger partial charge on any atom is 0.173 e. The summed E-state index contributed by atoms with van der Waals surface area (Å²) in [6.07, 6.45) is 0. The molecule has 0 aromatic heterocycles. The summed E-state index contributed by atoms with van der Waals surface area (Å²) in [5.41, 5.74) is 0. The molecule has 12 heavy (non-hydrogen) atoms. The summed E-state index contributed by atoms with van der Waals surface area (Å²) in [7, 11) is 0. The van der Waals surface area contributed by atoms with Crippen LogP contribution in [0.4, 0.5) is 4.39 Å². The van der Waals surface area contributed by atoms with Gasteiger partial charge in [0.05, 0.1) is 11.6 Å². The van der Waals surface area contributed by atoms with Crippen molar-refractivity contribution in [2.24, 2.45) is 0 Å². The first-order valence-electron chi connectivity index (χ1n) is 3.42. The highest BCUT2D eigenvalue weighted by Gasteiger charge is 2.08. The molecule has 0 unspecified atom stereocenters. The van der Waals surface area contributed by atoms with Gasteiger partial charge >= 0.3 is 0 Å². The second kappa shape index (κ2) is 4.10. The predicted molar refractivity (Wildman–Crippen MR) is 50.3 cm³/mol. The minimum absolute atomic E-state index is 0.113. The maximum absolute atomic E-state index is 13.1. The summed E-state index contributed by atoms with van der Waals surface area (Å²) >= 11 is 8.84. The molecular formula is C8H7BrClFO. The average molecular weight is 253 g/mol. The molecule has 66 valence electrons. The second-order valence-corrected chi connectivity index (χ2v) is 3.45. The molecule has 0 radical (unpaired) electrons. The lowest BCUT2D eigenvalue weighted by atomic mass is 10.3.